The molecule has 2 aromatic heterocycles. The maximum Gasteiger partial charge on any atom is 0.328 e. The Kier molecular flexibility index (Phi) is 12.5. The number of halogens is 1. The van der Waals surface area contributed by atoms with Gasteiger partial charge in [0.1, 0.15) is 58.6 Å². The van der Waals surface area contributed by atoms with E-state index in [2.05, 4.69) is 22.4 Å². The van der Waals surface area contributed by atoms with Gasteiger partial charge >= 0.3 is 5.97 Å². The number of nitriles is 2. The Morgan fingerprint density at radius 3 is 2.38 bits per heavy atom. The molecule has 47 heavy (non-hydrogen) atoms. The fraction of sp³-hybridized carbons (Fsp3) is 0.250. The number of amides is 1. The van der Waals surface area contributed by atoms with Crippen LogP contribution in [0.4, 0.5) is 5.82 Å². The standard InChI is InChI=1S/C32H31ClN8O4S2/c1-18(39-29(42)26(37)10-11-34)32(43)45-13-12-44-23-8-4-19(5-9-23)27-24(14-35)28(38)41-31(25(27)15-36)47-17-22-16-46-30(40-22)20-2-6-21(33)7-3-20/h2-9,16,18,26H,10-13,17,34,37H2,1H3,(H2,38,41)(H,39,42). The van der Waals surface area contributed by atoms with Crippen LogP contribution in [0.15, 0.2) is 58.9 Å². The Morgan fingerprint density at radius 1 is 1.04 bits per heavy atom. The van der Waals surface area contributed by atoms with Crippen LogP contribution in [-0.2, 0) is 20.1 Å². The number of ether oxygens (including phenoxy) is 2. The van der Waals surface area contributed by atoms with Crippen molar-refractivity contribution in [3.8, 4) is 39.6 Å². The van der Waals surface area contributed by atoms with E-state index in [4.69, 9.17) is 43.3 Å². The van der Waals surface area contributed by atoms with Crippen molar-refractivity contribution in [2.45, 2.75) is 36.2 Å². The lowest BCUT2D eigenvalue weighted by atomic mass is 9.97. The van der Waals surface area contributed by atoms with Crippen molar-refractivity contribution in [3.05, 3.63) is 75.8 Å². The average Bonchev–Trinajstić information content (AvgIpc) is 3.55. The Balaban J connectivity index is 1.40. The minimum absolute atomic E-state index is 0.0121. The lowest BCUT2D eigenvalue weighted by Gasteiger charge is -2.16. The van der Waals surface area contributed by atoms with E-state index in [1.807, 2.05) is 29.6 Å². The minimum Gasteiger partial charge on any atom is -0.490 e. The summed E-state index contributed by atoms with van der Waals surface area (Å²) in [6.07, 6.45) is 0.297. The Morgan fingerprint density at radius 2 is 1.72 bits per heavy atom. The van der Waals surface area contributed by atoms with Crippen LogP contribution in [0.3, 0.4) is 0 Å². The molecular formula is C32H31ClN8O4S2. The molecule has 0 aliphatic rings. The average molecular weight is 691 g/mol. The van der Waals surface area contributed by atoms with Gasteiger partial charge in [-0.15, -0.1) is 11.3 Å². The topological polar surface area (TPSA) is 216 Å². The number of nitrogens with two attached hydrogens (primary N) is 3. The zero-order valence-electron chi connectivity index (χ0n) is 25.2. The van der Waals surface area contributed by atoms with E-state index in [1.165, 1.54) is 30.0 Å². The summed E-state index contributed by atoms with van der Waals surface area (Å²) in [5.41, 5.74) is 20.3. The highest BCUT2D eigenvalue weighted by Gasteiger charge is 2.22. The number of thiazole rings is 1. The number of thioether (sulfide) groups is 1. The van der Waals surface area contributed by atoms with Crippen LogP contribution in [0.1, 0.15) is 30.2 Å². The lowest BCUT2D eigenvalue weighted by molar-refractivity contribution is -0.148. The predicted molar refractivity (Wildman–Crippen MR) is 181 cm³/mol. The van der Waals surface area contributed by atoms with Gasteiger partial charge in [0, 0.05) is 27.3 Å². The van der Waals surface area contributed by atoms with Crippen molar-refractivity contribution in [2.24, 2.45) is 11.5 Å². The summed E-state index contributed by atoms with van der Waals surface area (Å²) >= 11 is 8.80. The Labute approximate surface area is 284 Å². The second-order valence-corrected chi connectivity index (χ2v) is 12.3. The van der Waals surface area contributed by atoms with Crippen LogP contribution in [0.5, 0.6) is 5.75 Å². The highest BCUT2D eigenvalue weighted by atomic mass is 35.5. The molecule has 2 heterocycles. The zero-order chi connectivity index (χ0) is 33.9. The molecule has 0 bridgehead atoms. The number of esters is 1. The summed E-state index contributed by atoms with van der Waals surface area (Å²) in [5.74, 6) is -0.210. The molecule has 0 spiro atoms. The number of rotatable bonds is 14. The number of pyridine rings is 1. The molecule has 0 saturated carbocycles. The molecule has 0 radical (unpaired) electrons. The number of nitrogens with zero attached hydrogens (tertiary/aromatic N) is 4. The number of carbonyl (C=O) groups is 2. The normalized spacial score (nSPS) is 12.0. The van der Waals surface area contributed by atoms with E-state index in [0.29, 0.717) is 39.1 Å². The van der Waals surface area contributed by atoms with E-state index in [9.17, 15) is 20.1 Å². The van der Waals surface area contributed by atoms with Crippen molar-refractivity contribution in [1.82, 2.24) is 15.3 Å². The summed E-state index contributed by atoms with van der Waals surface area (Å²) in [6.45, 7) is 1.73. The van der Waals surface area contributed by atoms with Crippen LogP contribution < -0.4 is 27.3 Å². The second-order valence-electron chi connectivity index (χ2n) is 10.0. The smallest absolute Gasteiger partial charge is 0.328 e. The van der Waals surface area contributed by atoms with Crippen molar-refractivity contribution < 1.29 is 19.1 Å². The van der Waals surface area contributed by atoms with Gasteiger partial charge in [0.15, 0.2) is 0 Å². The molecule has 12 nitrogen and oxygen atoms in total. The number of nitrogen functional groups attached to an aromatic ring is 1. The number of anilines is 1. The molecule has 1 amide bonds. The molecule has 4 aromatic rings. The molecule has 4 rings (SSSR count). The third kappa shape index (κ3) is 9.19. The fourth-order valence-electron chi connectivity index (χ4n) is 4.27. The molecular weight excluding hydrogens is 660 g/mol. The summed E-state index contributed by atoms with van der Waals surface area (Å²) in [4.78, 5) is 33.3. The monoisotopic (exact) mass is 690 g/mol. The first-order chi connectivity index (χ1) is 22.6. The van der Waals surface area contributed by atoms with Crippen molar-refractivity contribution in [3.63, 3.8) is 0 Å². The molecule has 0 fully saturated rings. The first-order valence-corrected chi connectivity index (χ1v) is 16.5. The minimum atomic E-state index is -0.890. The molecule has 0 aliphatic carbocycles. The number of benzene rings is 2. The van der Waals surface area contributed by atoms with E-state index in [-0.39, 0.29) is 36.7 Å². The first kappa shape index (κ1) is 35.2. The summed E-state index contributed by atoms with van der Waals surface area (Å²) in [5, 5.41) is 26.3. The van der Waals surface area contributed by atoms with E-state index in [1.54, 1.807) is 24.3 Å². The first-order valence-electron chi connectivity index (χ1n) is 14.3. The Bertz CT molecular complexity index is 1800. The largest absolute Gasteiger partial charge is 0.490 e. The maximum absolute atomic E-state index is 12.2. The van der Waals surface area contributed by atoms with E-state index >= 15 is 0 Å². The second kappa shape index (κ2) is 16.7. The number of hydrogen-bond acceptors (Lipinski definition) is 13. The van der Waals surface area contributed by atoms with Gasteiger partial charge in [0.05, 0.1) is 17.3 Å². The van der Waals surface area contributed by atoms with Crippen molar-refractivity contribution in [1.29, 1.82) is 10.5 Å². The van der Waals surface area contributed by atoms with Crippen LogP contribution in [0.25, 0.3) is 21.7 Å². The third-order valence-electron chi connectivity index (χ3n) is 6.68. The molecule has 15 heteroatoms. The predicted octanol–water partition coefficient (Wildman–Crippen LogP) is 4.25. The maximum atomic E-state index is 12.2. The van der Waals surface area contributed by atoms with Gasteiger partial charge in [0.25, 0.3) is 0 Å². The number of aromatic nitrogens is 2. The highest BCUT2D eigenvalue weighted by molar-refractivity contribution is 7.98. The summed E-state index contributed by atoms with van der Waals surface area (Å²) < 4.78 is 10.9. The number of carbonyl (C=O) groups excluding carboxylic acids is 2. The highest BCUT2D eigenvalue weighted by Crippen LogP contribution is 2.37. The quantitative estimate of drug-likeness (QED) is 0.0830. The van der Waals surface area contributed by atoms with Crippen molar-refractivity contribution in [2.75, 3.05) is 25.5 Å². The van der Waals surface area contributed by atoms with Crippen LogP contribution >= 0.6 is 34.7 Å². The van der Waals surface area contributed by atoms with Crippen LogP contribution in [-0.4, -0.2) is 53.7 Å². The fourth-order valence-corrected chi connectivity index (χ4v) is 6.21. The van der Waals surface area contributed by atoms with Gasteiger partial charge in [-0.1, -0.05) is 47.6 Å². The number of nitrogens with one attached hydrogen (secondary N) is 1. The molecule has 2 unspecified atom stereocenters. The van der Waals surface area contributed by atoms with Gasteiger partial charge in [0.2, 0.25) is 5.91 Å². The zero-order valence-corrected chi connectivity index (χ0v) is 27.6. The van der Waals surface area contributed by atoms with E-state index in [0.717, 1.165) is 16.3 Å². The van der Waals surface area contributed by atoms with Gasteiger partial charge in [-0.3, -0.25) is 4.79 Å². The molecule has 2 aromatic carbocycles. The van der Waals surface area contributed by atoms with Crippen molar-refractivity contribution >= 4 is 52.4 Å². The van der Waals surface area contributed by atoms with Gasteiger partial charge < -0.3 is 32.0 Å². The summed E-state index contributed by atoms with van der Waals surface area (Å²) in [6, 6.07) is 16.7. The number of hydrogen-bond donors (Lipinski definition) is 4. The summed E-state index contributed by atoms with van der Waals surface area (Å²) in [7, 11) is 0. The molecule has 242 valence electrons. The molecule has 2 atom stereocenters. The molecule has 0 aliphatic heterocycles. The third-order valence-corrected chi connectivity index (χ3v) is 8.88. The molecule has 7 N–H and O–H groups in total. The van der Waals surface area contributed by atoms with E-state index < -0.39 is 24.0 Å². The van der Waals surface area contributed by atoms with Gasteiger partial charge in [-0.25, -0.2) is 14.8 Å². The van der Waals surface area contributed by atoms with Gasteiger partial charge in [-0.05, 0) is 49.7 Å². The van der Waals surface area contributed by atoms with Gasteiger partial charge in [-0.2, -0.15) is 10.5 Å². The Hall–Kier alpha value is -4.70. The molecule has 0 saturated heterocycles. The SMILES string of the molecule is CC(NC(=O)C(N)CCN)C(=O)OCCOc1ccc(-c2c(C#N)c(N)nc(SCc3csc(-c4ccc(Cl)cc4)n3)c2C#N)cc1. The van der Waals surface area contributed by atoms with Crippen LogP contribution in [0.2, 0.25) is 5.02 Å². The van der Waals surface area contributed by atoms with Crippen LogP contribution in [0, 0.1) is 22.7 Å². The lowest BCUT2D eigenvalue weighted by Crippen LogP contribution is -2.48.